The van der Waals surface area contributed by atoms with Crippen LogP contribution < -0.4 is 0 Å². The van der Waals surface area contributed by atoms with Gasteiger partial charge in [-0.2, -0.15) is 0 Å². The van der Waals surface area contributed by atoms with Crippen LogP contribution in [0.2, 0.25) is 0 Å². The molecule has 3 heteroatoms. The van der Waals surface area contributed by atoms with E-state index in [2.05, 4.69) is 82.3 Å². The summed E-state index contributed by atoms with van der Waals surface area (Å²) in [4.78, 5) is 17.7. The summed E-state index contributed by atoms with van der Waals surface area (Å²) in [5.41, 5.74) is 2.61. The van der Waals surface area contributed by atoms with E-state index in [1.807, 2.05) is 24.4 Å². The summed E-state index contributed by atoms with van der Waals surface area (Å²) in [6.07, 6.45) is 5.61. The molecule has 0 spiro atoms. The van der Waals surface area contributed by atoms with Crippen LogP contribution in [0, 0.1) is 5.92 Å². The number of hydrogen-bond acceptors (Lipinski definition) is 2. The highest BCUT2D eigenvalue weighted by atomic mass is 16.1. The van der Waals surface area contributed by atoms with Crippen molar-refractivity contribution in [2.45, 2.75) is 18.4 Å². The molecule has 0 unspecified atom stereocenters. The van der Waals surface area contributed by atoms with Gasteiger partial charge >= 0.3 is 0 Å². The fraction of sp³-hybridized carbons (Fsp3) is 0.154. The molecule has 1 saturated carbocycles. The van der Waals surface area contributed by atoms with Crippen molar-refractivity contribution in [1.29, 1.82) is 0 Å². The molecule has 5 rings (SSSR count). The quantitative estimate of drug-likeness (QED) is 0.336. The SMILES string of the molecule is O=C(c1nccn1C(c1ccccc1)(c1ccccc1)c1ccccc1)C1CC1. The van der Waals surface area contributed by atoms with E-state index in [1.54, 1.807) is 6.20 Å². The molecule has 0 aliphatic heterocycles. The van der Waals surface area contributed by atoms with E-state index < -0.39 is 5.54 Å². The fourth-order valence-electron chi connectivity index (χ4n) is 4.24. The lowest BCUT2D eigenvalue weighted by molar-refractivity contribution is 0.0950. The Morgan fingerprint density at radius 1 is 0.759 bits per heavy atom. The van der Waals surface area contributed by atoms with E-state index in [1.165, 1.54) is 0 Å². The van der Waals surface area contributed by atoms with Gasteiger partial charge in [0.2, 0.25) is 5.78 Å². The Hall–Kier alpha value is -3.46. The van der Waals surface area contributed by atoms with Gasteiger partial charge < -0.3 is 4.57 Å². The van der Waals surface area contributed by atoms with Gasteiger partial charge in [0.1, 0.15) is 5.54 Å². The summed E-state index contributed by atoms with van der Waals surface area (Å²) in [7, 11) is 0. The highest BCUT2D eigenvalue weighted by molar-refractivity contribution is 5.96. The number of rotatable bonds is 6. The van der Waals surface area contributed by atoms with Gasteiger partial charge in [-0.25, -0.2) is 4.98 Å². The summed E-state index contributed by atoms with van der Waals surface area (Å²) in [6, 6.07) is 31.2. The van der Waals surface area contributed by atoms with Gasteiger partial charge in [0.25, 0.3) is 0 Å². The van der Waals surface area contributed by atoms with Crippen LogP contribution in [0.3, 0.4) is 0 Å². The minimum Gasteiger partial charge on any atom is -0.310 e. The monoisotopic (exact) mass is 378 g/mol. The van der Waals surface area contributed by atoms with Gasteiger partial charge in [-0.05, 0) is 29.5 Å². The van der Waals surface area contributed by atoms with Crippen LogP contribution in [-0.2, 0) is 5.54 Å². The maximum absolute atomic E-state index is 13.1. The number of Topliss-reactive ketones (excluding diaryl/α,β-unsaturated/α-hetero) is 1. The number of ketones is 1. The third-order valence-corrected chi connectivity index (χ3v) is 5.75. The molecule has 0 N–H and O–H groups in total. The van der Waals surface area contributed by atoms with Crippen LogP contribution in [0.25, 0.3) is 0 Å². The summed E-state index contributed by atoms with van der Waals surface area (Å²) in [5.74, 6) is 0.780. The van der Waals surface area contributed by atoms with Crippen LogP contribution in [0.4, 0.5) is 0 Å². The van der Waals surface area contributed by atoms with Crippen LogP contribution >= 0.6 is 0 Å². The second-order valence-corrected chi connectivity index (χ2v) is 7.57. The van der Waals surface area contributed by atoms with Gasteiger partial charge in [0.05, 0.1) is 0 Å². The molecule has 1 heterocycles. The molecule has 0 bridgehead atoms. The molecule has 0 amide bonds. The van der Waals surface area contributed by atoms with Crippen molar-refractivity contribution in [2.24, 2.45) is 5.92 Å². The minimum absolute atomic E-state index is 0.108. The first kappa shape index (κ1) is 17.6. The minimum atomic E-state index is -0.680. The molecule has 1 aromatic heterocycles. The van der Waals surface area contributed by atoms with Gasteiger partial charge in [0.15, 0.2) is 5.82 Å². The fourth-order valence-corrected chi connectivity index (χ4v) is 4.24. The molecule has 29 heavy (non-hydrogen) atoms. The van der Waals surface area contributed by atoms with Crippen molar-refractivity contribution in [3.63, 3.8) is 0 Å². The smallest absolute Gasteiger partial charge is 0.201 e. The number of nitrogens with zero attached hydrogens (tertiary/aromatic N) is 2. The summed E-state index contributed by atoms with van der Waals surface area (Å²) >= 11 is 0. The number of carbonyl (C=O) groups is 1. The average molecular weight is 378 g/mol. The standard InChI is InChI=1S/C26H22N2O/c29-24(20-16-17-20)25-27-18-19-28(25)26(21-10-4-1-5-11-21,22-12-6-2-7-13-22)23-14-8-3-9-15-23/h1-15,18-20H,16-17H2. The molecule has 0 saturated heterocycles. The van der Waals surface area contributed by atoms with Gasteiger partial charge in [-0.1, -0.05) is 91.0 Å². The summed E-state index contributed by atoms with van der Waals surface area (Å²) < 4.78 is 2.08. The lowest BCUT2D eigenvalue weighted by Crippen LogP contribution is -2.39. The molecular formula is C26H22N2O. The molecule has 1 aliphatic rings. The number of aromatic nitrogens is 2. The van der Waals surface area contributed by atoms with E-state index in [4.69, 9.17) is 0 Å². The maximum atomic E-state index is 13.1. The van der Waals surface area contributed by atoms with Crippen molar-refractivity contribution in [2.75, 3.05) is 0 Å². The molecule has 3 nitrogen and oxygen atoms in total. The largest absolute Gasteiger partial charge is 0.310 e. The molecule has 1 fully saturated rings. The zero-order chi connectivity index (χ0) is 19.7. The topological polar surface area (TPSA) is 34.9 Å². The zero-order valence-corrected chi connectivity index (χ0v) is 16.1. The highest BCUT2D eigenvalue weighted by Crippen LogP contribution is 2.42. The van der Waals surface area contributed by atoms with E-state index in [0.717, 1.165) is 29.5 Å². The number of carbonyl (C=O) groups excluding carboxylic acids is 1. The number of imidazole rings is 1. The van der Waals surface area contributed by atoms with E-state index >= 15 is 0 Å². The highest BCUT2D eigenvalue weighted by Gasteiger charge is 2.42. The lowest BCUT2D eigenvalue weighted by atomic mass is 9.76. The Balaban J connectivity index is 1.87. The summed E-state index contributed by atoms with van der Waals surface area (Å²) in [5, 5.41) is 0. The lowest BCUT2D eigenvalue weighted by Gasteiger charge is -2.38. The van der Waals surface area contributed by atoms with E-state index in [9.17, 15) is 4.79 Å². The van der Waals surface area contributed by atoms with Crippen molar-refractivity contribution >= 4 is 5.78 Å². The number of hydrogen-bond donors (Lipinski definition) is 0. The normalized spacial score (nSPS) is 13.9. The zero-order valence-electron chi connectivity index (χ0n) is 16.1. The van der Waals surface area contributed by atoms with Gasteiger partial charge in [0, 0.05) is 18.3 Å². The van der Waals surface area contributed by atoms with Crippen molar-refractivity contribution in [1.82, 2.24) is 9.55 Å². The molecule has 1 aliphatic carbocycles. The Morgan fingerprint density at radius 3 is 1.62 bits per heavy atom. The van der Waals surface area contributed by atoms with Crippen LogP contribution in [0.15, 0.2) is 103 Å². The van der Waals surface area contributed by atoms with E-state index in [-0.39, 0.29) is 11.7 Å². The molecule has 142 valence electrons. The average Bonchev–Trinajstić information content (AvgIpc) is 3.54. The third kappa shape index (κ3) is 2.90. The van der Waals surface area contributed by atoms with Crippen LogP contribution in [-0.4, -0.2) is 15.3 Å². The predicted molar refractivity (Wildman–Crippen MR) is 114 cm³/mol. The Labute approximate surface area is 170 Å². The Kier molecular flexibility index (Phi) is 4.36. The molecule has 0 radical (unpaired) electrons. The van der Waals surface area contributed by atoms with Crippen LogP contribution in [0.5, 0.6) is 0 Å². The first-order chi connectivity index (χ1) is 14.3. The molecule has 0 atom stereocenters. The molecule has 4 aromatic rings. The van der Waals surface area contributed by atoms with Crippen molar-refractivity contribution < 1.29 is 4.79 Å². The van der Waals surface area contributed by atoms with Gasteiger partial charge in [-0.15, -0.1) is 0 Å². The second-order valence-electron chi connectivity index (χ2n) is 7.57. The summed E-state index contributed by atoms with van der Waals surface area (Å²) in [6.45, 7) is 0. The maximum Gasteiger partial charge on any atom is 0.201 e. The van der Waals surface area contributed by atoms with Crippen LogP contribution in [0.1, 0.15) is 40.2 Å². The molecule has 3 aromatic carbocycles. The van der Waals surface area contributed by atoms with Crippen molar-refractivity contribution in [3.05, 3.63) is 126 Å². The Morgan fingerprint density at radius 2 is 1.21 bits per heavy atom. The third-order valence-electron chi connectivity index (χ3n) is 5.75. The second kappa shape index (κ2) is 7.17. The predicted octanol–water partition coefficient (Wildman–Crippen LogP) is 5.32. The Bertz CT molecular complexity index is 1020. The first-order valence-electron chi connectivity index (χ1n) is 10.1. The first-order valence-corrected chi connectivity index (χ1v) is 10.1. The van der Waals surface area contributed by atoms with Crippen molar-refractivity contribution in [3.8, 4) is 0 Å². The van der Waals surface area contributed by atoms with Gasteiger partial charge in [-0.3, -0.25) is 4.79 Å². The van der Waals surface area contributed by atoms with E-state index in [0.29, 0.717) is 5.82 Å². The molecular weight excluding hydrogens is 356 g/mol. The number of benzene rings is 3.